The first-order valence-corrected chi connectivity index (χ1v) is 8.49. The summed E-state index contributed by atoms with van der Waals surface area (Å²) in [7, 11) is 0. The molecule has 0 aromatic carbocycles. The van der Waals surface area contributed by atoms with Gasteiger partial charge in [0.15, 0.2) is 0 Å². The summed E-state index contributed by atoms with van der Waals surface area (Å²) in [6, 6.07) is 0. The molecular formula is C18H28O3. The third-order valence-corrected chi connectivity index (χ3v) is 6.21. The van der Waals surface area contributed by atoms with Crippen LogP contribution in [-0.4, -0.2) is 24.3 Å². The Labute approximate surface area is 127 Å². The number of aliphatic hydroxyl groups excluding tert-OH is 1. The topological polar surface area (TPSA) is 46.5 Å². The lowest BCUT2D eigenvalue weighted by atomic mass is 9.43. The second-order valence-electron chi connectivity index (χ2n) is 7.91. The van der Waals surface area contributed by atoms with Crippen LogP contribution >= 0.6 is 0 Å². The molecule has 4 aliphatic carbocycles. The largest absolute Gasteiger partial charge is 0.463 e. The van der Waals surface area contributed by atoms with Gasteiger partial charge in [-0.2, -0.15) is 0 Å². The lowest BCUT2D eigenvalue weighted by Crippen LogP contribution is -2.52. The second-order valence-corrected chi connectivity index (χ2v) is 7.91. The summed E-state index contributed by atoms with van der Waals surface area (Å²) >= 11 is 0. The molecule has 3 nitrogen and oxygen atoms in total. The van der Waals surface area contributed by atoms with Crippen LogP contribution in [0.5, 0.6) is 0 Å². The van der Waals surface area contributed by atoms with Gasteiger partial charge in [-0.1, -0.05) is 6.58 Å². The van der Waals surface area contributed by atoms with E-state index in [-0.39, 0.29) is 5.97 Å². The number of ether oxygens (including phenoxy) is 1. The molecule has 4 fully saturated rings. The standard InChI is InChI=1S/C18H28O3/c1-2-16(20)21-7-3-4-17-9-14-8-15(10-17)12-18(11-14,13-17)5-6-19/h2,14-15,19H,1,3-13H2. The highest BCUT2D eigenvalue weighted by atomic mass is 16.5. The molecule has 0 spiro atoms. The van der Waals surface area contributed by atoms with E-state index in [0.29, 0.717) is 24.0 Å². The molecule has 0 heterocycles. The Hall–Kier alpha value is -0.830. The van der Waals surface area contributed by atoms with Gasteiger partial charge in [-0.15, -0.1) is 0 Å². The second kappa shape index (κ2) is 5.75. The van der Waals surface area contributed by atoms with Crippen molar-refractivity contribution in [3.8, 4) is 0 Å². The summed E-state index contributed by atoms with van der Waals surface area (Å²) in [6.07, 6.45) is 12.5. The highest BCUT2D eigenvalue weighted by molar-refractivity contribution is 5.81. The molecule has 0 aliphatic heterocycles. The van der Waals surface area contributed by atoms with Crippen LogP contribution in [0.2, 0.25) is 0 Å². The maximum atomic E-state index is 11.1. The number of aliphatic hydroxyl groups is 1. The van der Waals surface area contributed by atoms with Crippen molar-refractivity contribution in [2.75, 3.05) is 13.2 Å². The number of esters is 1. The highest BCUT2D eigenvalue weighted by Gasteiger charge is 2.56. The van der Waals surface area contributed by atoms with E-state index in [0.717, 1.165) is 24.7 Å². The Morgan fingerprint density at radius 3 is 2.38 bits per heavy atom. The van der Waals surface area contributed by atoms with Crippen molar-refractivity contribution in [3.05, 3.63) is 12.7 Å². The van der Waals surface area contributed by atoms with E-state index < -0.39 is 0 Å². The van der Waals surface area contributed by atoms with Crippen LogP contribution in [0.25, 0.3) is 0 Å². The van der Waals surface area contributed by atoms with Crippen molar-refractivity contribution in [2.24, 2.45) is 22.7 Å². The third-order valence-electron chi connectivity index (χ3n) is 6.21. The fourth-order valence-electron chi connectivity index (χ4n) is 6.15. The lowest BCUT2D eigenvalue weighted by molar-refractivity contribution is -0.140. The number of rotatable bonds is 7. The van der Waals surface area contributed by atoms with Crippen LogP contribution in [0, 0.1) is 22.7 Å². The molecule has 1 N–H and O–H groups in total. The Bertz CT molecular complexity index is 401. The number of carbonyl (C=O) groups excluding carboxylic acids is 1. The van der Waals surface area contributed by atoms with E-state index in [1.54, 1.807) is 0 Å². The molecule has 4 rings (SSSR count). The molecular weight excluding hydrogens is 264 g/mol. The van der Waals surface area contributed by atoms with Gasteiger partial charge in [0.05, 0.1) is 6.61 Å². The minimum Gasteiger partial charge on any atom is -0.463 e. The minimum atomic E-state index is -0.308. The molecule has 0 aromatic rings. The van der Waals surface area contributed by atoms with E-state index >= 15 is 0 Å². The SMILES string of the molecule is C=CC(=O)OCCCC12CC3CC(CC(CCO)(C3)C1)C2. The van der Waals surface area contributed by atoms with E-state index in [4.69, 9.17) is 4.74 Å². The molecule has 2 unspecified atom stereocenters. The van der Waals surface area contributed by atoms with Crippen LogP contribution < -0.4 is 0 Å². The third kappa shape index (κ3) is 3.03. The molecule has 0 aromatic heterocycles. The van der Waals surface area contributed by atoms with Gasteiger partial charge in [0.1, 0.15) is 0 Å². The van der Waals surface area contributed by atoms with Crippen molar-refractivity contribution in [3.63, 3.8) is 0 Å². The average Bonchev–Trinajstić information content (AvgIpc) is 2.41. The summed E-state index contributed by atoms with van der Waals surface area (Å²) in [5.41, 5.74) is 0.899. The normalized spacial score (nSPS) is 40.2. The van der Waals surface area contributed by atoms with Crippen molar-refractivity contribution >= 4 is 5.97 Å². The molecule has 3 heteroatoms. The average molecular weight is 292 g/mol. The Morgan fingerprint density at radius 1 is 1.19 bits per heavy atom. The zero-order chi connectivity index (χ0) is 14.9. The maximum absolute atomic E-state index is 11.1. The quantitative estimate of drug-likeness (QED) is 0.444. The van der Waals surface area contributed by atoms with Crippen molar-refractivity contribution < 1.29 is 14.6 Å². The predicted octanol–water partition coefficient (Wildman–Crippen LogP) is 3.46. The van der Waals surface area contributed by atoms with Crippen LogP contribution in [0.1, 0.15) is 57.8 Å². The zero-order valence-corrected chi connectivity index (χ0v) is 13.0. The van der Waals surface area contributed by atoms with E-state index in [9.17, 15) is 9.90 Å². The Balaban J connectivity index is 1.59. The van der Waals surface area contributed by atoms with E-state index in [1.807, 2.05) is 0 Å². The summed E-state index contributed by atoms with van der Waals surface area (Å²) in [4.78, 5) is 11.1. The van der Waals surface area contributed by atoms with E-state index in [1.165, 1.54) is 51.0 Å². The highest BCUT2D eigenvalue weighted by Crippen LogP contribution is 2.67. The van der Waals surface area contributed by atoms with Gasteiger partial charge in [-0.3, -0.25) is 0 Å². The first-order chi connectivity index (χ1) is 10.1. The zero-order valence-electron chi connectivity index (χ0n) is 13.0. The van der Waals surface area contributed by atoms with E-state index in [2.05, 4.69) is 6.58 Å². The number of hydrogen-bond donors (Lipinski definition) is 1. The van der Waals surface area contributed by atoms with Crippen molar-refractivity contribution in [2.45, 2.75) is 57.8 Å². The molecule has 0 amide bonds. The fraction of sp³-hybridized carbons (Fsp3) is 0.833. The molecule has 4 aliphatic rings. The summed E-state index contributed by atoms with van der Waals surface area (Å²) in [5, 5.41) is 9.45. The Morgan fingerprint density at radius 2 is 1.81 bits per heavy atom. The van der Waals surface area contributed by atoms with Gasteiger partial charge in [-0.25, -0.2) is 4.79 Å². The van der Waals surface area contributed by atoms with Crippen molar-refractivity contribution in [1.82, 2.24) is 0 Å². The molecule has 0 radical (unpaired) electrons. The first kappa shape index (κ1) is 15.1. The van der Waals surface area contributed by atoms with Crippen LogP contribution in [0.3, 0.4) is 0 Å². The predicted molar refractivity (Wildman–Crippen MR) is 81.6 cm³/mol. The maximum Gasteiger partial charge on any atom is 0.330 e. The fourth-order valence-corrected chi connectivity index (χ4v) is 6.15. The summed E-state index contributed by atoms with van der Waals surface area (Å²) < 4.78 is 5.13. The molecule has 21 heavy (non-hydrogen) atoms. The van der Waals surface area contributed by atoms with Gasteiger partial charge in [0.25, 0.3) is 0 Å². The molecule has 118 valence electrons. The molecule has 0 saturated heterocycles. The van der Waals surface area contributed by atoms with Crippen LogP contribution in [0.4, 0.5) is 0 Å². The molecule has 4 saturated carbocycles. The van der Waals surface area contributed by atoms with Gasteiger partial charge in [0, 0.05) is 12.7 Å². The minimum absolute atomic E-state index is 0.308. The monoisotopic (exact) mass is 292 g/mol. The van der Waals surface area contributed by atoms with Gasteiger partial charge >= 0.3 is 5.97 Å². The first-order valence-electron chi connectivity index (χ1n) is 8.49. The summed E-state index contributed by atoms with van der Waals surface area (Å²) in [5.74, 6) is 1.46. The molecule has 4 bridgehead atoms. The number of carbonyl (C=O) groups is 1. The smallest absolute Gasteiger partial charge is 0.330 e. The Kier molecular flexibility index (Phi) is 4.13. The van der Waals surface area contributed by atoms with Gasteiger partial charge in [-0.05, 0) is 80.5 Å². The van der Waals surface area contributed by atoms with Crippen LogP contribution in [0.15, 0.2) is 12.7 Å². The molecule has 2 atom stereocenters. The van der Waals surface area contributed by atoms with Crippen molar-refractivity contribution in [1.29, 1.82) is 0 Å². The lowest BCUT2D eigenvalue weighted by Gasteiger charge is -2.62. The summed E-state index contributed by atoms with van der Waals surface area (Å²) in [6.45, 7) is 4.29. The van der Waals surface area contributed by atoms with Crippen LogP contribution in [-0.2, 0) is 9.53 Å². The van der Waals surface area contributed by atoms with Gasteiger partial charge in [0.2, 0.25) is 0 Å². The number of hydrogen-bond acceptors (Lipinski definition) is 3. The van der Waals surface area contributed by atoms with Gasteiger partial charge < -0.3 is 9.84 Å².